The van der Waals surface area contributed by atoms with Gasteiger partial charge in [0.2, 0.25) is 17.0 Å². The molecule has 1 aliphatic heterocycles. The zero-order valence-electron chi connectivity index (χ0n) is 20.1. The predicted octanol–water partition coefficient (Wildman–Crippen LogP) is 4.99. The highest BCUT2D eigenvalue weighted by Gasteiger charge is 2.21. The maximum Gasteiger partial charge on any atom is 0.229 e. The zero-order valence-corrected chi connectivity index (χ0v) is 21.6. The highest BCUT2D eigenvalue weighted by molar-refractivity contribution is 7.80. The number of hydrogen-bond acceptors (Lipinski definition) is 5. The van der Waals surface area contributed by atoms with Gasteiger partial charge in [-0.3, -0.25) is 5.32 Å². The molecule has 35 heavy (non-hydrogen) atoms. The van der Waals surface area contributed by atoms with Gasteiger partial charge in [0.25, 0.3) is 0 Å². The molecule has 3 aromatic rings. The second-order valence-electron chi connectivity index (χ2n) is 8.09. The molecule has 2 aromatic carbocycles. The van der Waals surface area contributed by atoms with Crippen LogP contribution in [0, 0.1) is 13.8 Å². The van der Waals surface area contributed by atoms with Gasteiger partial charge in [0.05, 0.1) is 24.9 Å². The average Bonchev–Trinajstić information content (AvgIpc) is 2.83. The van der Waals surface area contributed by atoms with E-state index in [1.165, 1.54) is 11.1 Å². The summed E-state index contributed by atoms with van der Waals surface area (Å²) >= 11 is 11.8. The molecular weight excluding hydrogens is 484 g/mol. The number of aryl methyl sites for hydroxylation is 2. The van der Waals surface area contributed by atoms with Crippen LogP contribution in [0.4, 0.5) is 11.6 Å². The van der Waals surface area contributed by atoms with Crippen molar-refractivity contribution in [3.63, 3.8) is 0 Å². The lowest BCUT2D eigenvalue weighted by Gasteiger charge is -2.31. The van der Waals surface area contributed by atoms with Crippen molar-refractivity contribution < 1.29 is 9.47 Å². The highest BCUT2D eigenvalue weighted by Crippen LogP contribution is 2.36. The molecular formula is C25H27ClN6O2S. The monoisotopic (exact) mass is 510 g/mol. The van der Waals surface area contributed by atoms with Crippen LogP contribution in [0.1, 0.15) is 22.5 Å². The molecule has 0 unspecified atom stereocenters. The van der Waals surface area contributed by atoms with Crippen molar-refractivity contribution in [3.05, 3.63) is 70.0 Å². The summed E-state index contributed by atoms with van der Waals surface area (Å²) in [5.41, 5.74) is 4.90. The summed E-state index contributed by atoms with van der Waals surface area (Å²) in [7, 11) is 3.11. The van der Waals surface area contributed by atoms with E-state index >= 15 is 0 Å². The molecule has 0 aliphatic carbocycles. The number of ether oxygens (including phenoxy) is 2. The number of aliphatic imine (C=N–C) groups is 1. The Bertz CT molecular complexity index is 1260. The van der Waals surface area contributed by atoms with E-state index in [-0.39, 0.29) is 5.11 Å². The predicted molar refractivity (Wildman–Crippen MR) is 144 cm³/mol. The van der Waals surface area contributed by atoms with Crippen LogP contribution in [0.5, 0.6) is 11.5 Å². The molecule has 0 radical (unpaired) electrons. The largest absolute Gasteiger partial charge is 0.495 e. The molecule has 0 spiro atoms. The Morgan fingerprint density at radius 2 is 1.69 bits per heavy atom. The molecule has 1 aliphatic rings. The van der Waals surface area contributed by atoms with Gasteiger partial charge in [-0.25, -0.2) is 9.97 Å². The summed E-state index contributed by atoms with van der Waals surface area (Å²) < 4.78 is 10.8. The number of nitrogens with one attached hydrogen (secondary N) is 2. The van der Waals surface area contributed by atoms with E-state index < -0.39 is 0 Å². The van der Waals surface area contributed by atoms with Crippen molar-refractivity contribution in [1.82, 2.24) is 14.9 Å². The van der Waals surface area contributed by atoms with Crippen LogP contribution in [0.3, 0.4) is 0 Å². The molecule has 1 aromatic heterocycles. The molecule has 0 saturated carbocycles. The molecule has 0 amide bonds. The Morgan fingerprint density at radius 1 is 1.00 bits per heavy atom. The van der Waals surface area contributed by atoms with E-state index in [2.05, 4.69) is 43.7 Å². The Kier molecular flexibility index (Phi) is 7.67. The van der Waals surface area contributed by atoms with E-state index in [4.69, 9.17) is 38.3 Å². The van der Waals surface area contributed by atoms with E-state index in [9.17, 15) is 0 Å². The number of fused-ring (bicyclic) bond motifs is 1. The van der Waals surface area contributed by atoms with Gasteiger partial charge >= 0.3 is 0 Å². The van der Waals surface area contributed by atoms with Crippen LogP contribution in [0.2, 0.25) is 5.02 Å². The molecule has 4 rings (SSSR count). The summed E-state index contributed by atoms with van der Waals surface area (Å²) in [5.74, 6) is 2.04. The quantitative estimate of drug-likeness (QED) is 0.288. The average molecular weight is 511 g/mol. The SMILES string of the molecule is COc1cc(NC(=S)/N=C(/Nc2nc(C)cc(C)n2)N2CCc3ccccc3C2)c(OC)cc1Cl. The minimum absolute atomic E-state index is 0.235. The first-order chi connectivity index (χ1) is 16.9. The Morgan fingerprint density at radius 3 is 2.37 bits per heavy atom. The van der Waals surface area contributed by atoms with Gasteiger partial charge < -0.3 is 19.7 Å². The van der Waals surface area contributed by atoms with E-state index in [0.717, 1.165) is 24.4 Å². The van der Waals surface area contributed by atoms with Crippen LogP contribution in [-0.4, -0.2) is 46.7 Å². The second kappa shape index (κ2) is 10.9. The van der Waals surface area contributed by atoms with Gasteiger partial charge in [0, 0.05) is 36.6 Å². The number of nitrogens with zero attached hydrogens (tertiary/aromatic N) is 4. The van der Waals surface area contributed by atoms with Crippen molar-refractivity contribution in [2.24, 2.45) is 4.99 Å². The van der Waals surface area contributed by atoms with Crippen molar-refractivity contribution in [2.75, 3.05) is 31.4 Å². The summed E-state index contributed by atoms with van der Waals surface area (Å²) in [6, 6.07) is 13.7. The lowest BCUT2D eigenvalue weighted by atomic mass is 10.0. The third kappa shape index (κ3) is 5.98. The Hall–Kier alpha value is -3.43. The lowest BCUT2D eigenvalue weighted by molar-refractivity contribution is 0.393. The number of hydrogen-bond donors (Lipinski definition) is 2. The van der Waals surface area contributed by atoms with Gasteiger partial charge in [0.15, 0.2) is 0 Å². The summed E-state index contributed by atoms with van der Waals surface area (Å²) in [6.07, 6.45) is 0.896. The van der Waals surface area contributed by atoms with Crippen molar-refractivity contribution >= 4 is 46.5 Å². The fraction of sp³-hybridized carbons (Fsp3) is 0.280. The summed E-state index contributed by atoms with van der Waals surface area (Å²) in [5, 5.41) is 7.09. The van der Waals surface area contributed by atoms with Crippen LogP contribution >= 0.6 is 23.8 Å². The molecule has 0 atom stereocenters. The summed E-state index contributed by atoms with van der Waals surface area (Å²) in [4.78, 5) is 15.9. The molecule has 2 N–H and O–H groups in total. The van der Waals surface area contributed by atoms with Gasteiger partial charge in [-0.15, -0.1) is 0 Å². The topological polar surface area (TPSA) is 83.9 Å². The maximum absolute atomic E-state index is 6.24. The summed E-state index contributed by atoms with van der Waals surface area (Å²) in [6.45, 7) is 5.32. The number of halogens is 1. The van der Waals surface area contributed by atoms with Crippen LogP contribution in [0.25, 0.3) is 0 Å². The van der Waals surface area contributed by atoms with Crippen molar-refractivity contribution in [3.8, 4) is 11.5 Å². The number of rotatable bonds is 4. The zero-order chi connectivity index (χ0) is 24.9. The van der Waals surface area contributed by atoms with Crippen molar-refractivity contribution in [1.29, 1.82) is 0 Å². The molecule has 0 bridgehead atoms. The van der Waals surface area contributed by atoms with Gasteiger partial charge in [-0.05, 0) is 49.7 Å². The Balaban J connectivity index is 1.65. The Labute approximate surface area is 215 Å². The van der Waals surface area contributed by atoms with E-state index in [1.54, 1.807) is 26.4 Å². The third-order valence-corrected chi connectivity index (χ3v) is 6.05. The second-order valence-corrected chi connectivity index (χ2v) is 8.89. The number of methoxy groups -OCH3 is 2. The smallest absolute Gasteiger partial charge is 0.229 e. The highest BCUT2D eigenvalue weighted by atomic mass is 35.5. The van der Waals surface area contributed by atoms with Crippen LogP contribution in [0.15, 0.2) is 47.5 Å². The minimum Gasteiger partial charge on any atom is -0.495 e. The fourth-order valence-corrected chi connectivity index (χ4v) is 4.36. The standard InChI is InChI=1S/C25H27ClN6O2S/c1-15-11-16(2)28-23(27-15)30-24(32-10-9-17-7-5-6-8-18(17)14-32)31-25(35)29-20-13-21(33-3)19(26)12-22(20)34-4/h5-8,11-13H,9-10,14H2,1-4H3,(H2,27,28,29,30,31,35). The first-order valence-corrected chi connectivity index (χ1v) is 11.9. The van der Waals surface area contributed by atoms with Crippen LogP contribution < -0.4 is 20.1 Å². The molecule has 8 nitrogen and oxygen atoms in total. The third-order valence-electron chi connectivity index (χ3n) is 5.56. The number of benzene rings is 2. The lowest BCUT2D eigenvalue weighted by Crippen LogP contribution is -2.41. The number of aromatic nitrogens is 2. The number of anilines is 2. The van der Waals surface area contributed by atoms with E-state index in [1.807, 2.05) is 26.0 Å². The fourth-order valence-electron chi connectivity index (χ4n) is 3.93. The van der Waals surface area contributed by atoms with Gasteiger partial charge in [-0.1, -0.05) is 35.9 Å². The number of guanidine groups is 1. The molecule has 0 saturated heterocycles. The number of thiocarbonyl (C=S) groups is 1. The first kappa shape index (κ1) is 24.7. The first-order valence-electron chi connectivity index (χ1n) is 11.1. The molecule has 182 valence electrons. The minimum atomic E-state index is 0.235. The van der Waals surface area contributed by atoms with Crippen molar-refractivity contribution in [2.45, 2.75) is 26.8 Å². The normalized spacial score (nSPS) is 13.2. The van der Waals surface area contributed by atoms with E-state index in [0.29, 0.717) is 40.7 Å². The van der Waals surface area contributed by atoms with Gasteiger partial charge in [0.1, 0.15) is 11.5 Å². The maximum atomic E-state index is 6.24. The molecule has 2 heterocycles. The molecule has 10 heteroatoms. The van der Waals surface area contributed by atoms with Gasteiger partial charge in [-0.2, -0.15) is 4.99 Å². The van der Waals surface area contributed by atoms with Crippen LogP contribution in [-0.2, 0) is 13.0 Å². The molecule has 0 fully saturated rings.